The van der Waals surface area contributed by atoms with E-state index >= 15 is 0 Å². The minimum Gasteiger partial charge on any atom is -0.370 e. The van der Waals surface area contributed by atoms with Crippen LogP contribution in [0.25, 0.3) is 11.0 Å². The van der Waals surface area contributed by atoms with Crippen molar-refractivity contribution in [1.29, 1.82) is 0 Å². The Morgan fingerprint density at radius 1 is 0.808 bits per heavy atom. The van der Waals surface area contributed by atoms with Gasteiger partial charge in [0.15, 0.2) is 5.96 Å². The van der Waals surface area contributed by atoms with Gasteiger partial charge in [0, 0.05) is 5.69 Å². The van der Waals surface area contributed by atoms with Crippen LogP contribution < -0.4 is 11.1 Å². The Hall–Kier alpha value is -3.67. The van der Waals surface area contributed by atoms with Crippen molar-refractivity contribution in [3.63, 3.8) is 0 Å². The van der Waals surface area contributed by atoms with E-state index in [1.54, 1.807) is 0 Å². The van der Waals surface area contributed by atoms with Gasteiger partial charge in [-0.3, -0.25) is 0 Å². The minimum absolute atomic E-state index is 0.431. The number of rotatable bonds is 3. The number of nitrogens with one attached hydrogen (secondary N) is 2. The van der Waals surface area contributed by atoms with Crippen molar-refractivity contribution >= 4 is 22.7 Å². The van der Waals surface area contributed by atoms with Gasteiger partial charge in [0.05, 0.1) is 6.54 Å². The highest BCUT2D eigenvalue weighted by atomic mass is 15.3. The third-order valence-corrected chi connectivity index (χ3v) is 3.54. The van der Waals surface area contributed by atoms with Crippen molar-refractivity contribution in [2.45, 2.75) is 6.54 Å². The maximum atomic E-state index is 5.79. The number of benzene rings is 3. The normalized spacial score (nSPS) is 10.8. The van der Waals surface area contributed by atoms with Gasteiger partial charge in [0.2, 0.25) is 0 Å². The molecule has 0 radical (unpaired) electrons. The van der Waals surface area contributed by atoms with E-state index in [-0.39, 0.29) is 0 Å². The fourth-order valence-electron chi connectivity index (χ4n) is 2.25. The van der Waals surface area contributed by atoms with E-state index in [1.165, 1.54) is 0 Å². The third-order valence-electron chi connectivity index (χ3n) is 3.54. The largest absolute Gasteiger partial charge is 0.370 e. The summed E-state index contributed by atoms with van der Waals surface area (Å²) in [4.78, 5) is 4.27. The van der Waals surface area contributed by atoms with E-state index < -0.39 is 0 Å². The first-order chi connectivity index (χ1) is 12.8. The van der Waals surface area contributed by atoms with Crippen LogP contribution in [0.4, 0.5) is 5.69 Å². The molecule has 0 saturated carbocycles. The number of para-hydroxylation sites is 3. The van der Waals surface area contributed by atoms with E-state index in [1.807, 2.05) is 84.9 Å². The Balaban J connectivity index is 0.000000181. The van der Waals surface area contributed by atoms with Crippen LogP contribution in [-0.4, -0.2) is 21.4 Å². The lowest BCUT2D eigenvalue weighted by Crippen LogP contribution is -2.22. The number of H-pyrrole nitrogens is 1. The van der Waals surface area contributed by atoms with E-state index in [9.17, 15) is 0 Å². The number of aliphatic imine (C=N–C) groups is 1. The van der Waals surface area contributed by atoms with Gasteiger partial charge in [-0.25, -0.2) is 4.99 Å². The van der Waals surface area contributed by atoms with Gasteiger partial charge in [-0.05, 0) is 29.8 Å². The Kier molecular flexibility index (Phi) is 5.93. The van der Waals surface area contributed by atoms with Crippen LogP contribution in [-0.2, 0) is 6.54 Å². The first-order valence-corrected chi connectivity index (χ1v) is 8.23. The van der Waals surface area contributed by atoms with Crippen molar-refractivity contribution < 1.29 is 0 Å². The molecule has 1 aromatic heterocycles. The molecule has 1 heterocycles. The van der Waals surface area contributed by atoms with Gasteiger partial charge < -0.3 is 11.1 Å². The molecular formula is C20H20N6. The smallest absolute Gasteiger partial charge is 0.193 e. The average molecular weight is 344 g/mol. The monoisotopic (exact) mass is 344 g/mol. The van der Waals surface area contributed by atoms with Crippen LogP contribution >= 0.6 is 0 Å². The predicted molar refractivity (Wildman–Crippen MR) is 106 cm³/mol. The average Bonchev–Trinajstić information content (AvgIpc) is 3.17. The van der Waals surface area contributed by atoms with Crippen LogP contribution in [0.2, 0.25) is 0 Å². The molecule has 0 aliphatic heterocycles. The topological polar surface area (TPSA) is 92.0 Å². The molecule has 0 atom stereocenters. The summed E-state index contributed by atoms with van der Waals surface area (Å²) in [6.45, 7) is 0.590. The first kappa shape index (κ1) is 17.2. The summed E-state index contributed by atoms with van der Waals surface area (Å²) in [5.41, 5.74) is 9.71. The molecule has 26 heavy (non-hydrogen) atoms. The molecule has 6 heteroatoms. The molecule has 0 aliphatic rings. The highest BCUT2D eigenvalue weighted by Gasteiger charge is 1.94. The van der Waals surface area contributed by atoms with Gasteiger partial charge in [0.1, 0.15) is 11.0 Å². The first-order valence-electron chi connectivity index (χ1n) is 8.23. The molecule has 130 valence electrons. The molecular weight excluding hydrogens is 324 g/mol. The molecule has 4 N–H and O–H groups in total. The van der Waals surface area contributed by atoms with E-state index in [2.05, 4.69) is 25.7 Å². The molecule has 0 bridgehead atoms. The van der Waals surface area contributed by atoms with Crippen molar-refractivity contribution in [2.75, 3.05) is 5.32 Å². The molecule has 0 aliphatic carbocycles. The highest BCUT2D eigenvalue weighted by molar-refractivity contribution is 5.92. The summed E-state index contributed by atoms with van der Waals surface area (Å²) < 4.78 is 0. The number of fused-ring (bicyclic) bond motifs is 1. The number of aromatic nitrogens is 3. The SMILES string of the molecule is NC(=NCc1ccccc1)Nc1ccccc1.c1ccc2n[nH]nc2c1. The van der Waals surface area contributed by atoms with Crippen LogP contribution in [0.15, 0.2) is 89.9 Å². The van der Waals surface area contributed by atoms with Gasteiger partial charge in [-0.2, -0.15) is 15.4 Å². The molecule has 4 aromatic rings. The van der Waals surface area contributed by atoms with Gasteiger partial charge >= 0.3 is 0 Å². The molecule has 4 rings (SSSR count). The van der Waals surface area contributed by atoms with Crippen LogP contribution in [0.3, 0.4) is 0 Å². The second-order valence-electron chi connectivity index (χ2n) is 5.49. The van der Waals surface area contributed by atoms with Crippen molar-refractivity contribution in [3.8, 4) is 0 Å². The second kappa shape index (κ2) is 8.98. The second-order valence-corrected chi connectivity index (χ2v) is 5.49. The molecule has 0 fully saturated rings. The zero-order valence-electron chi connectivity index (χ0n) is 14.2. The number of guanidine groups is 1. The number of hydrogen-bond donors (Lipinski definition) is 3. The van der Waals surface area contributed by atoms with Gasteiger partial charge in [-0.1, -0.05) is 60.7 Å². The van der Waals surface area contributed by atoms with Crippen LogP contribution in [0.1, 0.15) is 5.56 Å². The highest BCUT2D eigenvalue weighted by Crippen LogP contribution is 2.05. The molecule has 0 spiro atoms. The Labute approximate surface area is 151 Å². The summed E-state index contributed by atoms with van der Waals surface area (Å²) in [5.74, 6) is 0.431. The Bertz CT molecular complexity index is 917. The summed E-state index contributed by atoms with van der Waals surface area (Å²) in [6, 6.07) is 27.5. The minimum atomic E-state index is 0.431. The lowest BCUT2D eigenvalue weighted by atomic mass is 10.2. The zero-order valence-corrected chi connectivity index (χ0v) is 14.2. The van der Waals surface area contributed by atoms with E-state index in [0.29, 0.717) is 12.5 Å². The molecule has 6 nitrogen and oxygen atoms in total. The third kappa shape index (κ3) is 5.17. The van der Waals surface area contributed by atoms with E-state index in [4.69, 9.17) is 5.73 Å². The number of anilines is 1. The standard InChI is InChI=1S/C14H15N3.C6H5N3/c15-14(17-13-9-5-2-6-10-13)16-11-12-7-3-1-4-8-12;1-2-4-6-5(3-1)7-9-8-6/h1-10H,11H2,(H3,15,16,17);1-4H,(H,7,8,9). The Morgan fingerprint density at radius 2 is 1.35 bits per heavy atom. The number of nitrogens with zero attached hydrogens (tertiary/aromatic N) is 3. The Morgan fingerprint density at radius 3 is 1.96 bits per heavy atom. The summed E-state index contributed by atoms with van der Waals surface area (Å²) in [6.07, 6.45) is 0. The quantitative estimate of drug-likeness (QED) is 0.391. The fraction of sp³-hybridized carbons (Fsp3) is 0.0500. The maximum absolute atomic E-state index is 5.79. The van der Waals surface area contributed by atoms with Crippen LogP contribution in [0, 0.1) is 0 Å². The molecule has 0 unspecified atom stereocenters. The number of nitrogens with two attached hydrogens (primary N) is 1. The van der Waals surface area contributed by atoms with Gasteiger partial charge in [-0.15, -0.1) is 0 Å². The molecule has 3 aromatic carbocycles. The lowest BCUT2D eigenvalue weighted by Gasteiger charge is -2.04. The zero-order chi connectivity index (χ0) is 18.0. The van der Waals surface area contributed by atoms with Gasteiger partial charge in [0.25, 0.3) is 0 Å². The van der Waals surface area contributed by atoms with Crippen LogP contribution in [0.5, 0.6) is 0 Å². The summed E-state index contributed by atoms with van der Waals surface area (Å²) in [5, 5.41) is 13.3. The molecule has 0 saturated heterocycles. The number of aromatic amines is 1. The summed E-state index contributed by atoms with van der Waals surface area (Å²) in [7, 11) is 0. The number of hydrogen-bond acceptors (Lipinski definition) is 3. The molecule has 0 amide bonds. The predicted octanol–water partition coefficient (Wildman–Crippen LogP) is 3.57. The van der Waals surface area contributed by atoms with E-state index in [0.717, 1.165) is 22.3 Å². The summed E-state index contributed by atoms with van der Waals surface area (Å²) >= 11 is 0. The lowest BCUT2D eigenvalue weighted by molar-refractivity contribution is 0.959. The van der Waals surface area contributed by atoms with Crippen molar-refractivity contribution in [3.05, 3.63) is 90.5 Å². The fourth-order valence-corrected chi connectivity index (χ4v) is 2.25. The van der Waals surface area contributed by atoms with Crippen molar-refractivity contribution in [2.24, 2.45) is 10.7 Å². The van der Waals surface area contributed by atoms with Crippen molar-refractivity contribution in [1.82, 2.24) is 15.4 Å². The maximum Gasteiger partial charge on any atom is 0.193 e.